The Bertz CT molecular complexity index is 2200. The number of nitrogens with one attached hydrogen (secondary N) is 6. The van der Waals surface area contributed by atoms with E-state index in [0.29, 0.717) is 32.4 Å². The summed E-state index contributed by atoms with van der Waals surface area (Å²) in [6, 6.07) is 36.6. The van der Waals surface area contributed by atoms with E-state index in [2.05, 4.69) is 68.3 Å². The summed E-state index contributed by atoms with van der Waals surface area (Å²) in [5, 5.41) is 17.0. The highest BCUT2D eigenvalue weighted by Gasteiger charge is 2.39. The SMILES string of the molecule is CNCCNC(=O)C(CCCCNC(=O)C(Cc1ccccc1)NC(=O)OC(C)(C)C)CC(=O)C(C)NC(=O)C(C)CC(=O)C(CSC(c1ccccc1)(c1ccccc1)c1ccccc1)NC(C)=O. The summed E-state index contributed by atoms with van der Waals surface area (Å²) in [6.45, 7) is 10.9. The molecule has 14 nitrogen and oxygen atoms in total. The molecule has 6 N–H and O–H groups in total. The van der Waals surface area contributed by atoms with E-state index in [1.165, 1.54) is 18.7 Å². The zero-order chi connectivity index (χ0) is 51.1. The molecule has 5 amide bonds. The Morgan fingerprint density at radius 2 is 1.11 bits per heavy atom. The van der Waals surface area contributed by atoms with E-state index in [9.17, 15) is 33.6 Å². The average Bonchev–Trinajstić information content (AvgIpc) is 3.33. The highest BCUT2D eigenvalue weighted by atomic mass is 32.2. The second-order valence-electron chi connectivity index (χ2n) is 18.6. The fraction of sp³-hybridized carbons (Fsp3) is 0.436. The average molecular weight is 977 g/mol. The van der Waals surface area contributed by atoms with Gasteiger partial charge in [-0.05, 0) is 69.8 Å². The molecule has 0 aromatic heterocycles. The van der Waals surface area contributed by atoms with Gasteiger partial charge in [-0.3, -0.25) is 28.8 Å². The van der Waals surface area contributed by atoms with Crippen LogP contribution in [0.4, 0.5) is 4.79 Å². The number of rotatable bonds is 28. The molecule has 0 bridgehead atoms. The van der Waals surface area contributed by atoms with Crippen molar-refractivity contribution in [2.45, 2.75) is 109 Å². The summed E-state index contributed by atoms with van der Waals surface area (Å²) >= 11 is 1.53. The van der Waals surface area contributed by atoms with Crippen molar-refractivity contribution in [1.29, 1.82) is 0 Å². The number of Topliss-reactive ketones (excluding diaryl/α,β-unsaturated/α-hetero) is 2. The van der Waals surface area contributed by atoms with Crippen LogP contribution in [0.3, 0.4) is 0 Å². The van der Waals surface area contributed by atoms with E-state index >= 15 is 0 Å². The topological polar surface area (TPSA) is 201 Å². The van der Waals surface area contributed by atoms with Gasteiger partial charge in [-0.25, -0.2) is 4.79 Å². The van der Waals surface area contributed by atoms with Crippen LogP contribution >= 0.6 is 11.8 Å². The lowest BCUT2D eigenvalue weighted by Gasteiger charge is -2.36. The molecule has 0 radical (unpaired) electrons. The lowest BCUT2D eigenvalue weighted by molar-refractivity contribution is -0.133. The van der Waals surface area contributed by atoms with Crippen LogP contribution in [0.5, 0.6) is 0 Å². The normalized spacial score (nSPS) is 13.6. The lowest BCUT2D eigenvalue weighted by Crippen LogP contribution is -2.49. The van der Waals surface area contributed by atoms with E-state index in [4.69, 9.17) is 4.74 Å². The van der Waals surface area contributed by atoms with Crippen molar-refractivity contribution in [3.8, 4) is 0 Å². The number of benzene rings is 4. The van der Waals surface area contributed by atoms with Crippen LogP contribution in [-0.4, -0.2) is 97.4 Å². The van der Waals surface area contributed by atoms with Crippen LogP contribution in [0.25, 0.3) is 0 Å². The summed E-state index contributed by atoms with van der Waals surface area (Å²) in [4.78, 5) is 93.3. The van der Waals surface area contributed by atoms with Gasteiger partial charge in [-0.2, -0.15) is 0 Å². The van der Waals surface area contributed by atoms with Crippen LogP contribution in [0.15, 0.2) is 121 Å². The highest BCUT2D eigenvalue weighted by Crippen LogP contribution is 2.48. The smallest absolute Gasteiger partial charge is 0.408 e. The first kappa shape index (κ1) is 56.3. The Morgan fingerprint density at radius 3 is 1.63 bits per heavy atom. The minimum atomic E-state index is -0.957. The maximum Gasteiger partial charge on any atom is 0.408 e. The second-order valence-corrected chi connectivity index (χ2v) is 19.8. The van der Waals surface area contributed by atoms with Crippen LogP contribution in [0, 0.1) is 11.8 Å². The van der Waals surface area contributed by atoms with Crippen molar-refractivity contribution in [3.63, 3.8) is 0 Å². The molecule has 0 aliphatic heterocycles. The van der Waals surface area contributed by atoms with Crippen molar-refractivity contribution in [3.05, 3.63) is 144 Å². The van der Waals surface area contributed by atoms with Crippen LogP contribution in [0.1, 0.15) is 95.9 Å². The number of carbonyl (C=O) groups is 7. The van der Waals surface area contributed by atoms with Gasteiger partial charge in [-0.1, -0.05) is 135 Å². The Labute approximate surface area is 418 Å². The third kappa shape index (κ3) is 18.2. The molecule has 0 aliphatic carbocycles. The molecule has 5 unspecified atom stereocenters. The van der Waals surface area contributed by atoms with Gasteiger partial charge < -0.3 is 36.6 Å². The first-order valence-electron chi connectivity index (χ1n) is 24.1. The van der Waals surface area contributed by atoms with Gasteiger partial charge in [0.2, 0.25) is 23.6 Å². The van der Waals surface area contributed by atoms with Crippen LogP contribution in [0.2, 0.25) is 0 Å². The summed E-state index contributed by atoms with van der Waals surface area (Å²) in [5.41, 5.74) is 3.11. The number of carbonyl (C=O) groups excluding carboxylic acids is 7. The van der Waals surface area contributed by atoms with Gasteiger partial charge >= 0.3 is 6.09 Å². The third-order valence-electron chi connectivity index (χ3n) is 11.6. The molecule has 376 valence electrons. The molecule has 4 aromatic rings. The monoisotopic (exact) mass is 977 g/mol. The van der Waals surface area contributed by atoms with Gasteiger partial charge in [0, 0.05) is 63.4 Å². The molecule has 0 saturated heterocycles. The van der Waals surface area contributed by atoms with E-state index < -0.39 is 52.3 Å². The maximum atomic E-state index is 14.1. The minimum Gasteiger partial charge on any atom is -0.444 e. The first-order chi connectivity index (χ1) is 33.4. The number of hydrogen-bond acceptors (Lipinski definition) is 10. The minimum absolute atomic E-state index is 0.140. The van der Waals surface area contributed by atoms with Gasteiger partial charge in [0.15, 0.2) is 11.6 Å². The number of likely N-dealkylation sites (N-methyl/N-ethyl adjacent to an activating group) is 1. The van der Waals surface area contributed by atoms with Crippen LogP contribution in [-0.2, 0) is 44.7 Å². The largest absolute Gasteiger partial charge is 0.444 e. The Morgan fingerprint density at radius 1 is 0.586 bits per heavy atom. The van der Waals surface area contributed by atoms with E-state index in [1.54, 1.807) is 41.7 Å². The maximum absolute atomic E-state index is 14.1. The summed E-state index contributed by atoms with van der Waals surface area (Å²) in [7, 11) is 1.77. The Balaban J connectivity index is 1.37. The standard InChI is InChI=1S/C55H72N6O8S/c1-38(34-49(64)47(60-40(3)62)37-70-55(43-25-14-9-15-26-43,44-27-16-10-17-28-44)45-29-18-11-19-30-45)50(65)59-39(2)48(63)36-42(51(66)58-33-32-56-7)24-20-21-31-57-52(67)46(35-41-22-12-8-13-23-41)61-53(68)69-54(4,5)6/h8-19,22-23,25-30,38-39,42,46-47,56H,20-21,24,31-37H2,1-7H3,(H,57,67)(H,58,66)(H,59,65)(H,60,62)(H,61,68). The quantitative estimate of drug-likeness (QED) is 0.0265. The van der Waals surface area contributed by atoms with Gasteiger partial charge in [0.05, 0.1) is 16.8 Å². The van der Waals surface area contributed by atoms with E-state index in [1.807, 2.05) is 84.9 Å². The molecule has 4 aromatic carbocycles. The fourth-order valence-corrected chi connectivity index (χ4v) is 9.56. The lowest BCUT2D eigenvalue weighted by atomic mass is 9.84. The van der Waals surface area contributed by atoms with Crippen LogP contribution < -0.4 is 31.9 Å². The fourth-order valence-electron chi connectivity index (χ4n) is 7.97. The van der Waals surface area contributed by atoms with Crippen molar-refractivity contribution < 1.29 is 38.3 Å². The molecular formula is C55H72N6O8S. The molecule has 0 fully saturated rings. The zero-order valence-corrected chi connectivity index (χ0v) is 42.5. The summed E-state index contributed by atoms with van der Waals surface area (Å²) < 4.78 is 4.66. The van der Waals surface area contributed by atoms with Crippen molar-refractivity contribution in [2.75, 3.05) is 32.4 Å². The molecule has 4 rings (SSSR count). The predicted octanol–water partition coefficient (Wildman–Crippen LogP) is 6.65. The molecule has 0 spiro atoms. The number of alkyl carbamates (subject to hydrolysis) is 1. The van der Waals surface area contributed by atoms with Crippen molar-refractivity contribution in [2.24, 2.45) is 11.8 Å². The van der Waals surface area contributed by atoms with E-state index in [-0.39, 0.29) is 60.8 Å². The van der Waals surface area contributed by atoms with Gasteiger partial charge in [0.25, 0.3) is 0 Å². The number of unbranched alkanes of at least 4 members (excludes halogenated alkanes) is 1. The van der Waals surface area contributed by atoms with Crippen molar-refractivity contribution in [1.82, 2.24) is 31.9 Å². The van der Waals surface area contributed by atoms with Gasteiger partial charge in [-0.15, -0.1) is 11.8 Å². The second kappa shape index (κ2) is 28.4. The summed E-state index contributed by atoms with van der Waals surface area (Å²) in [6.07, 6.45) is 0.546. The molecule has 70 heavy (non-hydrogen) atoms. The number of amides is 5. The number of ketones is 2. The molecular weight excluding hydrogens is 905 g/mol. The third-order valence-corrected chi connectivity index (χ3v) is 13.3. The first-order valence-corrected chi connectivity index (χ1v) is 25.1. The predicted molar refractivity (Wildman–Crippen MR) is 276 cm³/mol. The Kier molecular flexibility index (Phi) is 22.8. The van der Waals surface area contributed by atoms with E-state index in [0.717, 1.165) is 22.3 Å². The number of ether oxygens (including phenoxy) is 1. The molecule has 5 atom stereocenters. The number of hydrogen-bond donors (Lipinski definition) is 6. The zero-order valence-electron chi connectivity index (χ0n) is 41.7. The Hall–Kier alpha value is -6.32. The molecule has 15 heteroatoms. The summed E-state index contributed by atoms with van der Waals surface area (Å²) in [5.74, 6) is -3.59. The molecule has 0 aliphatic rings. The van der Waals surface area contributed by atoms with Crippen molar-refractivity contribution >= 4 is 53.1 Å². The molecule has 0 saturated carbocycles. The highest BCUT2D eigenvalue weighted by molar-refractivity contribution is 8.00. The molecule has 0 heterocycles. The number of thioether (sulfide) groups is 1. The van der Waals surface area contributed by atoms with Gasteiger partial charge in [0.1, 0.15) is 11.6 Å².